The molecule has 3 heteroatoms. The SMILES string of the molecule is Cc1ccccc1OCC(O)CNC1CC1C. The van der Waals surface area contributed by atoms with Crippen LogP contribution in [0.5, 0.6) is 5.75 Å². The molecule has 0 saturated heterocycles. The lowest BCUT2D eigenvalue weighted by molar-refractivity contribution is 0.105. The lowest BCUT2D eigenvalue weighted by Crippen LogP contribution is -2.33. The van der Waals surface area contributed by atoms with Gasteiger partial charge in [-0.15, -0.1) is 0 Å². The number of aliphatic hydroxyl groups excluding tert-OH is 1. The van der Waals surface area contributed by atoms with Gasteiger partial charge in [-0.2, -0.15) is 0 Å². The molecule has 0 bridgehead atoms. The number of para-hydroxylation sites is 1. The van der Waals surface area contributed by atoms with E-state index in [-0.39, 0.29) is 0 Å². The molecule has 0 heterocycles. The summed E-state index contributed by atoms with van der Waals surface area (Å²) in [7, 11) is 0. The molecule has 0 amide bonds. The van der Waals surface area contributed by atoms with Crippen molar-refractivity contribution in [2.24, 2.45) is 5.92 Å². The molecule has 1 saturated carbocycles. The van der Waals surface area contributed by atoms with E-state index in [4.69, 9.17) is 4.74 Å². The van der Waals surface area contributed by atoms with Gasteiger partial charge in [-0.1, -0.05) is 25.1 Å². The number of rotatable bonds is 6. The van der Waals surface area contributed by atoms with E-state index >= 15 is 0 Å². The maximum absolute atomic E-state index is 9.78. The molecule has 94 valence electrons. The number of hydrogen-bond acceptors (Lipinski definition) is 3. The fourth-order valence-electron chi connectivity index (χ4n) is 1.86. The molecule has 0 spiro atoms. The van der Waals surface area contributed by atoms with Gasteiger partial charge < -0.3 is 15.2 Å². The van der Waals surface area contributed by atoms with E-state index in [0.29, 0.717) is 19.2 Å². The molecule has 1 aliphatic carbocycles. The van der Waals surface area contributed by atoms with Crippen molar-refractivity contribution in [1.82, 2.24) is 5.32 Å². The third kappa shape index (κ3) is 3.72. The summed E-state index contributed by atoms with van der Waals surface area (Å²) in [5.41, 5.74) is 1.10. The monoisotopic (exact) mass is 235 g/mol. The first-order valence-electron chi connectivity index (χ1n) is 6.26. The van der Waals surface area contributed by atoms with Crippen molar-refractivity contribution in [1.29, 1.82) is 0 Å². The minimum atomic E-state index is -0.442. The van der Waals surface area contributed by atoms with Gasteiger partial charge in [0, 0.05) is 12.6 Å². The van der Waals surface area contributed by atoms with Crippen LogP contribution in [0.25, 0.3) is 0 Å². The third-order valence-electron chi connectivity index (χ3n) is 3.25. The van der Waals surface area contributed by atoms with E-state index in [2.05, 4.69) is 12.2 Å². The van der Waals surface area contributed by atoms with Gasteiger partial charge in [0.2, 0.25) is 0 Å². The first-order chi connectivity index (χ1) is 8.16. The normalized spacial score (nSPS) is 24.4. The van der Waals surface area contributed by atoms with Crippen LogP contribution < -0.4 is 10.1 Å². The molecule has 1 aromatic carbocycles. The summed E-state index contributed by atoms with van der Waals surface area (Å²) in [6.07, 6.45) is 0.785. The van der Waals surface area contributed by atoms with Crippen molar-refractivity contribution < 1.29 is 9.84 Å². The summed E-state index contributed by atoms with van der Waals surface area (Å²) in [6, 6.07) is 8.46. The van der Waals surface area contributed by atoms with Gasteiger partial charge >= 0.3 is 0 Å². The summed E-state index contributed by atoms with van der Waals surface area (Å²) in [4.78, 5) is 0. The zero-order chi connectivity index (χ0) is 12.3. The van der Waals surface area contributed by atoms with Gasteiger partial charge in [0.15, 0.2) is 0 Å². The molecule has 0 aliphatic heterocycles. The predicted octanol–water partition coefficient (Wildman–Crippen LogP) is 1.73. The molecule has 2 N–H and O–H groups in total. The second-order valence-electron chi connectivity index (χ2n) is 4.96. The Labute approximate surface area is 103 Å². The fraction of sp³-hybridized carbons (Fsp3) is 0.571. The molecule has 3 nitrogen and oxygen atoms in total. The Balaban J connectivity index is 1.68. The average molecular weight is 235 g/mol. The maximum atomic E-state index is 9.78. The highest BCUT2D eigenvalue weighted by molar-refractivity contribution is 5.31. The van der Waals surface area contributed by atoms with Crippen LogP contribution in [0.1, 0.15) is 18.9 Å². The highest BCUT2D eigenvalue weighted by Gasteiger charge is 2.32. The summed E-state index contributed by atoms with van der Waals surface area (Å²) in [5.74, 6) is 1.62. The molecule has 1 aromatic rings. The Kier molecular flexibility index (Phi) is 4.02. The van der Waals surface area contributed by atoms with E-state index < -0.39 is 6.10 Å². The van der Waals surface area contributed by atoms with Gasteiger partial charge in [-0.3, -0.25) is 0 Å². The number of aryl methyl sites for hydroxylation is 1. The highest BCUT2D eigenvalue weighted by Crippen LogP contribution is 2.28. The number of aliphatic hydroxyl groups is 1. The van der Waals surface area contributed by atoms with E-state index in [1.165, 1.54) is 6.42 Å². The third-order valence-corrected chi connectivity index (χ3v) is 3.25. The van der Waals surface area contributed by atoms with Gasteiger partial charge in [-0.05, 0) is 30.9 Å². The fourth-order valence-corrected chi connectivity index (χ4v) is 1.86. The van der Waals surface area contributed by atoms with Gasteiger partial charge in [0.25, 0.3) is 0 Å². The minimum Gasteiger partial charge on any atom is -0.491 e. The van der Waals surface area contributed by atoms with Gasteiger partial charge in [-0.25, -0.2) is 0 Å². The number of hydrogen-bond donors (Lipinski definition) is 2. The van der Waals surface area contributed by atoms with E-state index in [1.807, 2.05) is 31.2 Å². The highest BCUT2D eigenvalue weighted by atomic mass is 16.5. The van der Waals surface area contributed by atoms with E-state index in [1.54, 1.807) is 0 Å². The van der Waals surface area contributed by atoms with Crippen LogP contribution in [0.2, 0.25) is 0 Å². The van der Waals surface area contributed by atoms with Crippen molar-refractivity contribution in [2.45, 2.75) is 32.4 Å². The maximum Gasteiger partial charge on any atom is 0.122 e. The molecule has 1 fully saturated rings. The summed E-state index contributed by atoms with van der Waals surface area (Å²) < 4.78 is 5.59. The second kappa shape index (κ2) is 5.52. The smallest absolute Gasteiger partial charge is 0.122 e. The molecular formula is C14H21NO2. The first-order valence-corrected chi connectivity index (χ1v) is 6.26. The number of benzene rings is 1. The van der Waals surface area contributed by atoms with Crippen LogP contribution >= 0.6 is 0 Å². The van der Waals surface area contributed by atoms with E-state index in [9.17, 15) is 5.11 Å². The first kappa shape index (κ1) is 12.4. The van der Waals surface area contributed by atoms with Crippen molar-refractivity contribution in [3.63, 3.8) is 0 Å². The van der Waals surface area contributed by atoms with Crippen molar-refractivity contribution >= 4 is 0 Å². The van der Waals surface area contributed by atoms with Gasteiger partial charge in [0.05, 0.1) is 0 Å². The van der Waals surface area contributed by atoms with Crippen LogP contribution in [-0.4, -0.2) is 30.4 Å². The van der Waals surface area contributed by atoms with Crippen LogP contribution in [0.15, 0.2) is 24.3 Å². The summed E-state index contributed by atoms with van der Waals surface area (Å²) >= 11 is 0. The molecule has 17 heavy (non-hydrogen) atoms. The zero-order valence-corrected chi connectivity index (χ0v) is 10.5. The van der Waals surface area contributed by atoms with Crippen LogP contribution in [0.3, 0.4) is 0 Å². The van der Waals surface area contributed by atoms with Crippen molar-refractivity contribution in [3.05, 3.63) is 29.8 Å². The molecule has 2 rings (SSSR count). The molecule has 3 unspecified atom stereocenters. The van der Waals surface area contributed by atoms with Crippen LogP contribution in [-0.2, 0) is 0 Å². The van der Waals surface area contributed by atoms with Crippen molar-refractivity contribution in [3.8, 4) is 5.75 Å². The largest absolute Gasteiger partial charge is 0.491 e. The Morgan fingerprint density at radius 2 is 2.18 bits per heavy atom. The summed E-state index contributed by atoms with van der Waals surface area (Å²) in [6.45, 7) is 5.18. The molecular weight excluding hydrogens is 214 g/mol. The Morgan fingerprint density at radius 3 is 2.82 bits per heavy atom. The molecule has 3 atom stereocenters. The summed E-state index contributed by atoms with van der Waals surface area (Å²) in [5, 5.41) is 13.1. The molecule has 0 aromatic heterocycles. The average Bonchev–Trinajstić information content (AvgIpc) is 3.02. The standard InChI is InChI=1S/C14H21NO2/c1-10-5-3-4-6-14(10)17-9-12(16)8-15-13-7-11(13)2/h3-6,11-13,15-16H,7-9H2,1-2H3. The molecule has 1 aliphatic rings. The van der Waals surface area contributed by atoms with Gasteiger partial charge in [0.1, 0.15) is 18.5 Å². The zero-order valence-electron chi connectivity index (χ0n) is 10.5. The number of nitrogens with one attached hydrogen (secondary N) is 1. The van der Waals surface area contributed by atoms with E-state index in [0.717, 1.165) is 17.2 Å². The Morgan fingerprint density at radius 1 is 1.47 bits per heavy atom. The molecule has 0 radical (unpaired) electrons. The quantitative estimate of drug-likeness (QED) is 0.789. The number of ether oxygens (including phenoxy) is 1. The van der Waals surface area contributed by atoms with Crippen molar-refractivity contribution in [2.75, 3.05) is 13.2 Å². The van der Waals surface area contributed by atoms with Crippen LogP contribution in [0.4, 0.5) is 0 Å². The lowest BCUT2D eigenvalue weighted by Gasteiger charge is -2.14. The Hall–Kier alpha value is -1.06. The lowest BCUT2D eigenvalue weighted by atomic mass is 10.2. The Bertz CT molecular complexity index is 367. The second-order valence-corrected chi connectivity index (χ2v) is 4.96. The predicted molar refractivity (Wildman–Crippen MR) is 68.3 cm³/mol. The van der Waals surface area contributed by atoms with Crippen LogP contribution in [0, 0.1) is 12.8 Å². The topological polar surface area (TPSA) is 41.5 Å². The minimum absolute atomic E-state index is 0.346.